The van der Waals surface area contributed by atoms with Gasteiger partial charge in [-0.25, -0.2) is 4.79 Å². The van der Waals surface area contributed by atoms with Gasteiger partial charge in [-0.05, 0) is 31.6 Å². The van der Waals surface area contributed by atoms with Gasteiger partial charge in [-0.3, -0.25) is 0 Å². The third kappa shape index (κ3) is 2.78. The van der Waals surface area contributed by atoms with Crippen molar-refractivity contribution < 1.29 is 4.79 Å². The van der Waals surface area contributed by atoms with E-state index in [1.165, 1.54) is 12.8 Å². The van der Waals surface area contributed by atoms with Crippen molar-refractivity contribution in [1.82, 2.24) is 5.32 Å². The molecule has 3 nitrogen and oxygen atoms in total. The first-order valence-electron chi connectivity index (χ1n) is 4.24. The Morgan fingerprint density at radius 2 is 1.91 bits per heavy atom. The van der Waals surface area contributed by atoms with Crippen LogP contribution in [0.4, 0.5) is 4.79 Å². The van der Waals surface area contributed by atoms with Gasteiger partial charge in [-0.15, -0.1) is 0 Å². The van der Waals surface area contributed by atoms with Crippen molar-refractivity contribution in [3.8, 4) is 0 Å². The molecule has 1 rings (SSSR count). The Morgan fingerprint density at radius 3 is 2.36 bits per heavy atom. The number of nitrogens with two attached hydrogens (primary N) is 1. The molecular weight excluding hydrogens is 140 g/mol. The molecule has 0 aromatic rings. The van der Waals surface area contributed by atoms with E-state index >= 15 is 0 Å². The first-order valence-corrected chi connectivity index (χ1v) is 4.24. The van der Waals surface area contributed by atoms with Crippen molar-refractivity contribution in [2.75, 3.05) is 0 Å². The molecule has 1 fully saturated rings. The predicted molar refractivity (Wildman–Crippen MR) is 44.1 cm³/mol. The Morgan fingerprint density at radius 1 is 1.36 bits per heavy atom. The number of carbonyl (C=O) groups is 1. The van der Waals surface area contributed by atoms with Crippen LogP contribution in [-0.4, -0.2) is 12.1 Å². The van der Waals surface area contributed by atoms with E-state index < -0.39 is 0 Å². The number of urea groups is 1. The summed E-state index contributed by atoms with van der Waals surface area (Å²) < 4.78 is 0. The van der Waals surface area contributed by atoms with Gasteiger partial charge in [0.05, 0.1) is 0 Å². The van der Waals surface area contributed by atoms with E-state index in [1.807, 2.05) is 0 Å². The molecule has 0 spiro atoms. The Bertz CT molecular complexity index is 139. The molecule has 0 unspecified atom stereocenters. The van der Waals surface area contributed by atoms with Crippen LogP contribution in [0.2, 0.25) is 0 Å². The molecule has 1 aliphatic rings. The lowest BCUT2D eigenvalue weighted by atomic mass is 9.87. The second-order valence-electron chi connectivity index (χ2n) is 3.47. The first kappa shape index (κ1) is 8.37. The van der Waals surface area contributed by atoms with Crippen molar-refractivity contribution in [2.45, 2.75) is 38.6 Å². The fourth-order valence-electron chi connectivity index (χ4n) is 1.61. The van der Waals surface area contributed by atoms with E-state index in [9.17, 15) is 4.79 Å². The molecular formula is C8H16N2O. The lowest BCUT2D eigenvalue weighted by molar-refractivity contribution is 0.236. The molecule has 3 N–H and O–H groups in total. The Labute approximate surface area is 67.3 Å². The van der Waals surface area contributed by atoms with Gasteiger partial charge in [-0.2, -0.15) is 0 Å². The van der Waals surface area contributed by atoms with Gasteiger partial charge in [0.2, 0.25) is 0 Å². The molecule has 0 aliphatic heterocycles. The van der Waals surface area contributed by atoms with Gasteiger partial charge in [0.25, 0.3) is 0 Å². The maximum atomic E-state index is 10.5. The molecule has 1 aliphatic carbocycles. The van der Waals surface area contributed by atoms with E-state index in [1.54, 1.807) is 0 Å². The van der Waals surface area contributed by atoms with E-state index in [2.05, 4.69) is 12.2 Å². The van der Waals surface area contributed by atoms with Crippen LogP contribution in [0.5, 0.6) is 0 Å². The number of hydrogen-bond acceptors (Lipinski definition) is 1. The zero-order valence-electron chi connectivity index (χ0n) is 6.97. The summed E-state index contributed by atoms with van der Waals surface area (Å²) in [5, 5.41) is 2.74. The number of rotatable bonds is 1. The summed E-state index contributed by atoms with van der Waals surface area (Å²) in [5.74, 6) is 0.820. The third-order valence-corrected chi connectivity index (χ3v) is 2.36. The predicted octanol–water partition coefficient (Wildman–Crippen LogP) is 1.23. The van der Waals surface area contributed by atoms with Crippen LogP contribution < -0.4 is 11.1 Å². The molecule has 11 heavy (non-hydrogen) atoms. The van der Waals surface area contributed by atoms with Crippen LogP contribution in [0.3, 0.4) is 0 Å². The van der Waals surface area contributed by atoms with Crippen molar-refractivity contribution in [3.63, 3.8) is 0 Å². The summed E-state index contributed by atoms with van der Waals surface area (Å²) in [7, 11) is 0. The number of hydrogen-bond donors (Lipinski definition) is 2. The van der Waals surface area contributed by atoms with Crippen molar-refractivity contribution in [2.24, 2.45) is 11.7 Å². The Kier molecular flexibility index (Phi) is 2.74. The lowest BCUT2D eigenvalue weighted by Gasteiger charge is -2.25. The van der Waals surface area contributed by atoms with Crippen LogP contribution >= 0.6 is 0 Å². The normalized spacial score (nSPS) is 31.4. The zero-order chi connectivity index (χ0) is 8.27. The average molecular weight is 156 g/mol. The summed E-state index contributed by atoms with van der Waals surface area (Å²) in [5.41, 5.74) is 5.01. The fourth-order valence-corrected chi connectivity index (χ4v) is 1.61. The van der Waals surface area contributed by atoms with E-state index in [0.29, 0.717) is 6.04 Å². The van der Waals surface area contributed by atoms with Gasteiger partial charge in [-0.1, -0.05) is 6.92 Å². The minimum absolute atomic E-state index is 0.337. The summed E-state index contributed by atoms with van der Waals surface area (Å²) in [6.45, 7) is 2.25. The maximum absolute atomic E-state index is 10.5. The molecule has 0 saturated heterocycles. The quantitative estimate of drug-likeness (QED) is 0.589. The van der Waals surface area contributed by atoms with Crippen molar-refractivity contribution in [3.05, 3.63) is 0 Å². The van der Waals surface area contributed by atoms with E-state index in [0.717, 1.165) is 18.8 Å². The highest BCUT2D eigenvalue weighted by Gasteiger charge is 2.18. The molecule has 0 aromatic carbocycles. The van der Waals surface area contributed by atoms with Crippen LogP contribution in [-0.2, 0) is 0 Å². The Balaban J connectivity index is 2.22. The van der Waals surface area contributed by atoms with Gasteiger partial charge >= 0.3 is 6.03 Å². The minimum Gasteiger partial charge on any atom is -0.352 e. The highest BCUT2D eigenvalue weighted by Crippen LogP contribution is 2.23. The van der Waals surface area contributed by atoms with Gasteiger partial charge in [0.1, 0.15) is 0 Å². The lowest BCUT2D eigenvalue weighted by Crippen LogP contribution is -2.40. The monoisotopic (exact) mass is 156 g/mol. The van der Waals surface area contributed by atoms with E-state index in [-0.39, 0.29) is 6.03 Å². The molecule has 64 valence electrons. The first-order chi connectivity index (χ1) is 5.18. The largest absolute Gasteiger partial charge is 0.352 e. The van der Waals surface area contributed by atoms with Crippen molar-refractivity contribution >= 4 is 6.03 Å². The number of carbonyl (C=O) groups excluding carboxylic acids is 1. The third-order valence-electron chi connectivity index (χ3n) is 2.36. The number of primary amides is 1. The van der Waals surface area contributed by atoms with Crippen LogP contribution in [0.15, 0.2) is 0 Å². The van der Waals surface area contributed by atoms with Crippen LogP contribution in [0, 0.1) is 5.92 Å². The second kappa shape index (κ2) is 3.60. The highest BCUT2D eigenvalue weighted by atomic mass is 16.2. The van der Waals surface area contributed by atoms with E-state index in [4.69, 9.17) is 5.73 Å². The van der Waals surface area contributed by atoms with Crippen molar-refractivity contribution in [1.29, 1.82) is 0 Å². The molecule has 1 saturated carbocycles. The molecule has 0 atom stereocenters. The zero-order valence-corrected chi connectivity index (χ0v) is 6.97. The second-order valence-corrected chi connectivity index (χ2v) is 3.47. The van der Waals surface area contributed by atoms with Gasteiger partial charge in [0, 0.05) is 6.04 Å². The smallest absolute Gasteiger partial charge is 0.312 e. The standard InChI is InChI=1S/C8H16N2O/c1-6-2-4-7(5-3-6)10-8(9)11/h6-7H,2-5H2,1H3,(H3,9,10,11). The molecule has 0 heterocycles. The molecule has 0 aromatic heterocycles. The summed E-state index contributed by atoms with van der Waals surface area (Å²) >= 11 is 0. The molecule has 2 amide bonds. The highest BCUT2D eigenvalue weighted by molar-refractivity contribution is 5.71. The SMILES string of the molecule is CC1CCC(NC(N)=O)CC1. The molecule has 3 heteroatoms. The number of amides is 2. The molecule has 0 radical (unpaired) electrons. The topological polar surface area (TPSA) is 55.1 Å². The van der Waals surface area contributed by atoms with Gasteiger partial charge < -0.3 is 11.1 Å². The fraction of sp³-hybridized carbons (Fsp3) is 0.875. The minimum atomic E-state index is -0.385. The van der Waals surface area contributed by atoms with Gasteiger partial charge in [0.15, 0.2) is 0 Å². The summed E-state index contributed by atoms with van der Waals surface area (Å²) in [6, 6.07) is -0.0479. The Hall–Kier alpha value is -0.730. The summed E-state index contributed by atoms with van der Waals surface area (Å²) in [4.78, 5) is 10.5. The summed E-state index contributed by atoms with van der Waals surface area (Å²) in [6.07, 6.45) is 4.60. The number of nitrogens with one attached hydrogen (secondary N) is 1. The molecule has 0 bridgehead atoms. The van der Waals surface area contributed by atoms with Crippen LogP contribution in [0.25, 0.3) is 0 Å². The maximum Gasteiger partial charge on any atom is 0.312 e. The van der Waals surface area contributed by atoms with Crippen LogP contribution in [0.1, 0.15) is 32.6 Å². The average Bonchev–Trinajstić information content (AvgIpc) is 1.93.